The van der Waals surface area contributed by atoms with Crippen LogP contribution < -0.4 is 4.90 Å². The van der Waals surface area contributed by atoms with Crippen LogP contribution in [0.2, 0.25) is 0 Å². The van der Waals surface area contributed by atoms with Gasteiger partial charge in [0.05, 0.1) is 16.2 Å². The van der Waals surface area contributed by atoms with Gasteiger partial charge in [0.25, 0.3) is 5.91 Å². The molecule has 0 N–H and O–H groups in total. The van der Waals surface area contributed by atoms with Gasteiger partial charge in [-0.3, -0.25) is 9.69 Å². The zero-order valence-corrected chi connectivity index (χ0v) is 13.8. The molecule has 2 nitrogen and oxygen atoms in total. The molecule has 0 saturated carbocycles. The molecule has 2 heterocycles. The molecule has 1 aromatic heterocycles. The van der Waals surface area contributed by atoms with E-state index in [1.165, 1.54) is 23.5 Å². The summed E-state index contributed by atoms with van der Waals surface area (Å²) < 4.78 is 38.7. The summed E-state index contributed by atoms with van der Waals surface area (Å²) in [4.78, 5) is 14.9. The average molecular weight is 371 g/mol. The van der Waals surface area contributed by atoms with Crippen molar-refractivity contribution in [2.24, 2.45) is 0 Å². The van der Waals surface area contributed by atoms with E-state index in [1.807, 2.05) is 17.5 Å². The van der Waals surface area contributed by atoms with Crippen molar-refractivity contribution in [3.63, 3.8) is 0 Å². The number of benzene rings is 1. The molecule has 1 aliphatic heterocycles. The van der Waals surface area contributed by atoms with Crippen LogP contribution in [0.1, 0.15) is 10.4 Å². The maximum absolute atomic E-state index is 12.8. The number of thioether (sulfide) groups is 1. The fraction of sp³-hybridized carbons (Fsp3) is 0.0667. The standard InChI is InChI=1S/C15H8F3NOS3/c16-15(17,18)9-3-1-4-10(7-9)19-13(20)12(23-14(19)21)8-11-5-2-6-22-11/h1-8H/b12-8-. The van der Waals surface area contributed by atoms with E-state index in [4.69, 9.17) is 12.2 Å². The van der Waals surface area contributed by atoms with Crippen LogP contribution in [0.5, 0.6) is 0 Å². The number of nitrogens with zero attached hydrogens (tertiary/aromatic N) is 1. The van der Waals surface area contributed by atoms with Crippen molar-refractivity contribution in [3.8, 4) is 0 Å². The second kappa shape index (κ2) is 6.10. The summed E-state index contributed by atoms with van der Waals surface area (Å²) in [5, 5.41) is 1.87. The van der Waals surface area contributed by atoms with Crippen molar-refractivity contribution < 1.29 is 18.0 Å². The first-order chi connectivity index (χ1) is 10.9. The number of rotatable bonds is 2. The minimum absolute atomic E-state index is 0.122. The van der Waals surface area contributed by atoms with Gasteiger partial charge in [0.1, 0.15) is 0 Å². The molecule has 118 valence electrons. The number of anilines is 1. The lowest BCUT2D eigenvalue weighted by molar-refractivity contribution is -0.137. The Morgan fingerprint density at radius 1 is 1.17 bits per heavy atom. The van der Waals surface area contributed by atoms with Crippen LogP contribution in [-0.4, -0.2) is 10.2 Å². The second-order valence-electron chi connectivity index (χ2n) is 4.58. The highest BCUT2D eigenvalue weighted by atomic mass is 32.2. The van der Waals surface area contributed by atoms with Gasteiger partial charge in [-0.1, -0.05) is 36.1 Å². The normalized spacial score (nSPS) is 17.3. The van der Waals surface area contributed by atoms with E-state index in [2.05, 4.69) is 0 Å². The monoisotopic (exact) mass is 371 g/mol. The predicted octanol–water partition coefficient (Wildman–Crippen LogP) is 5.17. The highest BCUT2D eigenvalue weighted by molar-refractivity contribution is 8.27. The summed E-state index contributed by atoms with van der Waals surface area (Å²) >= 11 is 7.70. The molecule has 1 aromatic carbocycles. The summed E-state index contributed by atoms with van der Waals surface area (Å²) in [6, 6.07) is 8.29. The van der Waals surface area contributed by atoms with Crippen LogP contribution in [0.25, 0.3) is 6.08 Å². The third-order valence-corrected chi connectivity index (χ3v) is 5.16. The molecule has 1 saturated heterocycles. The fourth-order valence-electron chi connectivity index (χ4n) is 2.01. The molecule has 0 atom stereocenters. The Morgan fingerprint density at radius 3 is 2.61 bits per heavy atom. The van der Waals surface area contributed by atoms with Crippen LogP contribution in [0, 0.1) is 0 Å². The first-order valence-electron chi connectivity index (χ1n) is 6.35. The maximum atomic E-state index is 12.8. The van der Waals surface area contributed by atoms with Gasteiger partial charge >= 0.3 is 6.18 Å². The molecule has 2 aromatic rings. The number of thiophene rings is 1. The molecule has 23 heavy (non-hydrogen) atoms. The molecule has 0 spiro atoms. The van der Waals surface area contributed by atoms with Gasteiger partial charge in [-0.15, -0.1) is 11.3 Å². The van der Waals surface area contributed by atoms with Gasteiger partial charge in [-0.25, -0.2) is 0 Å². The lowest BCUT2D eigenvalue weighted by atomic mass is 10.2. The summed E-state index contributed by atoms with van der Waals surface area (Å²) in [5.74, 6) is -0.410. The molecule has 3 rings (SSSR count). The van der Waals surface area contributed by atoms with E-state index in [0.29, 0.717) is 4.91 Å². The molecule has 1 fully saturated rings. The van der Waals surface area contributed by atoms with Crippen LogP contribution in [0.4, 0.5) is 18.9 Å². The van der Waals surface area contributed by atoms with E-state index < -0.39 is 17.6 Å². The van der Waals surface area contributed by atoms with Gasteiger partial charge in [0.2, 0.25) is 0 Å². The molecular formula is C15H8F3NOS3. The Balaban J connectivity index is 1.95. The smallest absolute Gasteiger partial charge is 0.268 e. The Labute approximate surface area is 143 Å². The zero-order valence-electron chi connectivity index (χ0n) is 11.3. The second-order valence-corrected chi connectivity index (χ2v) is 7.24. The lowest BCUT2D eigenvalue weighted by Crippen LogP contribution is -2.27. The van der Waals surface area contributed by atoms with Crippen LogP contribution in [-0.2, 0) is 11.0 Å². The third-order valence-electron chi connectivity index (χ3n) is 3.04. The van der Waals surface area contributed by atoms with E-state index in [0.717, 1.165) is 33.7 Å². The summed E-state index contributed by atoms with van der Waals surface area (Å²) in [6.45, 7) is 0. The summed E-state index contributed by atoms with van der Waals surface area (Å²) in [6.07, 6.45) is -2.78. The predicted molar refractivity (Wildman–Crippen MR) is 91.4 cm³/mol. The first kappa shape index (κ1) is 16.2. The SMILES string of the molecule is O=C1/C(=C/c2cccs2)SC(=S)N1c1cccc(C(F)(F)F)c1. The molecule has 0 bridgehead atoms. The first-order valence-corrected chi connectivity index (χ1v) is 8.45. The molecule has 1 aliphatic rings. The lowest BCUT2D eigenvalue weighted by Gasteiger charge is -2.16. The number of alkyl halides is 3. The number of thiocarbonyl (C=S) groups is 1. The average Bonchev–Trinajstić information content (AvgIpc) is 3.08. The number of carbonyl (C=O) groups excluding carboxylic acids is 1. The van der Waals surface area contributed by atoms with Crippen molar-refractivity contribution in [2.75, 3.05) is 4.90 Å². The summed E-state index contributed by atoms with van der Waals surface area (Å²) in [5.41, 5.74) is -0.691. The van der Waals surface area contributed by atoms with E-state index >= 15 is 0 Å². The van der Waals surface area contributed by atoms with Crippen molar-refractivity contribution >= 4 is 57.3 Å². The third kappa shape index (κ3) is 3.34. The van der Waals surface area contributed by atoms with E-state index in [-0.39, 0.29) is 10.0 Å². The van der Waals surface area contributed by atoms with Gasteiger partial charge in [-0.05, 0) is 35.7 Å². The highest BCUT2D eigenvalue weighted by Gasteiger charge is 2.36. The Morgan fingerprint density at radius 2 is 1.96 bits per heavy atom. The number of halogens is 3. The molecule has 0 unspecified atom stereocenters. The number of hydrogen-bond donors (Lipinski definition) is 0. The molecule has 1 amide bonds. The topological polar surface area (TPSA) is 20.3 Å². The molecule has 0 radical (unpaired) electrons. The van der Waals surface area contributed by atoms with Crippen molar-refractivity contribution in [3.05, 3.63) is 57.1 Å². The minimum Gasteiger partial charge on any atom is -0.268 e. The van der Waals surface area contributed by atoms with Crippen LogP contribution >= 0.6 is 35.3 Å². The number of hydrogen-bond acceptors (Lipinski definition) is 4. The van der Waals surface area contributed by atoms with Crippen molar-refractivity contribution in [1.82, 2.24) is 0 Å². The van der Waals surface area contributed by atoms with E-state index in [9.17, 15) is 18.0 Å². The zero-order chi connectivity index (χ0) is 16.6. The Bertz CT molecular complexity index is 797. The van der Waals surface area contributed by atoms with Crippen LogP contribution in [0.15, 0.2) is 46.7 Å². The molecular weight excluding hydrogens is 363 g/mol. The number of carbonyl (C=O) groups is 1. The highest BCUT2D eigenvalue weighted by Crippen LogP contribution is 2.38. The molecule has 8 heteroatoms. The van der Waals surface area contributed by atoms with Gasteiger partial charge < -0.3 is 0 Å². The van der Waals surface area contributed by atoms with Gasteiger partial charge in [-0.2, -0.15) is 13.2 Å². The Hall–Kier alpha value is -1.64. The van der Waals surface area contributed by atoms with Gasteiger partial charge in [0.15, 0.2) is 4.32 Å². The van der Waals surface area contributed by atoms with Gasteiger partial charge in [0, 0.05) is 4.88 Å². The quantitative estimate of drug-likeness (QED) is 0.536. The maximum Gasteiger partial charge on any atom is 0.416 e. The minimum atomic E-state index is -4.47. The summed E-state index contributed by atoms with van der Waals surface area (Å²) in [7, 11) is 0. The van der Waals surface area contributed by atoms with E-state index in [1.54, 1.807) is 6.08 Å². The number of amides is 1. The fourth-order valence-corrected chi connectivity index (χ4v) is 4.04. The van der Waals surface area contributed by atoms with Crippen LogP contribution in [0.3, 0.4) is 0 Å². The largest absolute Gasteiger partial charge is 0.416 e. The van der Waals surface area contributed by atoms with Crippen molar-refractivity contribution in [1.29, 1.82) is 0 Å². The molecule has 0 aliphatic carbocycles. The van der Waals surface area contributed by atoms with Crippen molar-refractivity contribution in [2.45, 2.75) is 6.18 Å². The Kier molecular flexibility index (Phi) is 4.31.